The number of hydrogen-bond donors (Lipinski definition) is 1. The summed E-state index contributed by atoms with van der Waals surface area (Å²) in [5.41, 5.74) is 2.46. The first-order chi connectivity index (χ1) is 20.1. The molecule has 0 amide bonds. The first-order valence-corrected chi connectivity index (χ1v) is 30.5. The van der Waals surface area contributed by atoms with Gasteiger partial charge in [0.25, 0.3) is 0 Å². The number of alkyl halides is 1. The number of hydrogen-bond acceptors (Lipinski definition) is 4. The Hall–Kier alpha value is 1.17. The quantitative estimate of drug-likeness (QED) is 0.163. The van der Waals surface area contributed by atoms with Crippen LogP contribution in [-0.4, -0.2) is 35.1 Å². The van der Waals surface area contributed by atoms with E-state index < -0.39 is 0 Å². The molecule has 2 aromatic rings. The van der Waals surface area contributed by atoms with Crippen LogP contribution in [0.5, 0.6) is 11.5 Å². The maximum atomic E-state index is 10.9. The van der Waals surface area contributed by atoms with E-state index in [0.29, 0.717) is 30.5 Å². The SMILES string of the molecule is C.CI.Cc1cccc(O[C@@H]2CCC[C@H](C(C)C=O)C2)c1.Cc1cccc(O[C@@H]2CCC[C@H](C(C)CO)C2)c1.[I][V]([I])[I]. The van der Waals surface area contributed by atoms with Crippen LogP contribution in [0.25, 0.3) is 0 Å². The van der Waals surface area contributed by atoms with Gasteiger partial charge >= 0.3 is 64.9 Å². The first-order valence-electron chi connectivity index (χ1n) is 14.8. The number of aliphatic hydroxyl groups is 1. The third-order valence-electron chi connectivity index (χ3n) is 7.97. The van der Waals surface area contributed by atoms with E-state index in [9.17, 15) is 9.90 Å². The number of rotatable bonds is 8. The number of aldehydes is 1. The van der Waals surface area contributed by atoms with Gasteiger partial charge in [-0.3, -0.25) is 0 Å². The Morgan fingerprint density at radius 3 is 1.65 bits per heavy atom. The number of ether oxygens (including phenoxy) is 2. The molecule has 43 heavy (non-hydrogen) atoms. The van der Waals surface area contributed by atoms with Gasteiger partial charge in [-0.2, -0.15) is 0 Å². The summed E-state index contributed by atoms with van der Waals surface area (Å²) in [6, 6.07) is 16.5. The second kappa shape index (κ2) is 26.2. The number of benzene rings is 2. The summed E-state index contributed by atoms with van der Waals surface area (Å²) < 4.78 is 12.1. The van der Waals surface area contributed by atoms with Gasteiger partial charge in [0.2, 0.25) is 0 Å². The Bertz CT molecular complexity index is 994. The topological polar surface area (TPSA) is 55.8 Å². The van der Waals surface area contributed by atoms with Gasteiger partial charge in [-0.15, -0.1) is 0 Å². The second-order valence-electron chi connectivity index (χ2n) is 11.3. The molecule has 0 heterocycles. The van der Waals surface area contributed by atoms with E-state index in [1.165, 1.54) is 30.4 Å². The second-order valence-corrected chi connectivity index (χ2v) is 46.7. The Balaban J connectivity index is 0.000000681. The molecule has 2 fully saturated rings. The van der Waals surface area contributed by atoms with E-state index in [0.717, 1.165) is 49.9 Å². The molecule has 6 atom stereocenters. The van der Waals surface area contributed by atoms with E-state index in [4.69, 9.17) is 9.47 Å². The average Bonchev–Trinajstić information content (AvgIpc) is 2.98. The van der Waals surface area contributed by atoms with Crippen molar-refractivity contribution in [2.45, 2.75) is 98.7 Å². The first kappa shape index (κ1) is 44.2. The molecule has 2 aliphatic rings. The number of carbonyl (C=O) groups is 1. The zero-order valence-electron chi connectivity index (χ0n) is 25.7. The molecule has 0 radical (unpaired) electrons. The number of carbonyl (C=O) groups excluding carboxylic acids is 1. The summed E-state index contributed by atoms with van der Waals surface area (Å²) in [5.74, 6) is 3.60. The number of halogens is 4. The standard InChI is InChI=1S/C16H24O2.C16H22O2.CH3I.CH4.3HI.V/c2*1-12-5-3-7-15(9-12)18-16-8-4-6-14(10-16)13(2)11-17;1-2;;;;;/h3,5,7,9,13-14,16-17H,4,6,8,10-11H2,1-2H3;3,5,7,9,11,13-14,16H,4,6,8,10H2,1-2H3;1H3;1H4;3*1H;/q;;;;;;;+3/p-3/t2*13?,14-,16+;;;;;;/m00....../s1. The van der Waals surface area contributed by atoms with Gasteiger partial charge in [0, 0.05) is 12.5 Å². The molecule has 246 valence electrons. The third kappa shape index (κ3) is 19.6. The van der Waals surface area contributed by atoms with Crippen molar-refractivity contribution in [3.8, 4) is 11.5 Å². The van der Waals surface area contributed by atoms with Crippen molar-refractivity contribution < 1.29 is 24.3 Å². The Morgan fingerprint density at radius 2 is 1.26 bits per heavy atom. The summed E-state index contributed by atoms with van der Waals surface area (Å²) in [6.07, 6.45) is 10.8. The van der Waals surface area contributed by atoms with E-state index in [2.05, 4.69) is 128 Å². The van der Waals surface area contributed by atoms with Crippen molar-refractivity contribution in [1.29, 1.82) is 0 Å². The fourth-order valence-electron chi connectivity index (χ4n) is 5.59. The number of aliphatic hydroxyl groups excluding tert-OH is 1. The molecule has 0 aliphatic heterocycles. The molecule has 2 unspecified atom stereocenters. The van der Waals surface area contributed by atoms with Gasteiger partial charge in [-0.25, -0.2) is 0 Å². The predicted octanol–water partition coefficient (Wildman–Crippen LogP) is 11.7. The van der Waals surface area contributed by atoms with Crippen molar-refractivity contribution in [3.05, 3.63) is 59.7 Å². The van der Waals surface area contributed by atoms with Gasteiger partial charge in [-0.1, -0.05) is 68.1 Å². The Morgan fingerprint density at radius 1 is 0.837 bits per heavy atom. The fourth-order valence-corrected chi connectivity index (χ4v) is 5.59. The summed E-state index contributed by atoms with van der Waals surface area (Å²) in [5, 5.41) is 9.26. The van der Waals surface area contributed by atoms with Crippen LogP contribution < -0.4 is 9.47 Å². The van der Waals surface area contributed by atoms with Gasteiger partial charge < -0.3 is 19.4 Å². The predicted molar refractivity (Wildman–Crippen MR) is 215 cm³/mol. The van der Waals surface area contributed by atoms with Crippen LogP contribution in [0.1, 0.15) is 83.8 Å². The molecule has 4 nitrogen and oxygen atoms in total. The van der Waals surface area contributed by atoms with Crippen molar-refractivity contribution in [2.24, 2.45) is 23.7 Å². The van der Waals surface area contributed by atoms with E-state index in [-0.39, 0.29) is 24.4 Å². The molecule has 2 aromatic carbocycles. The average molecular weight is 1080 g/mol. The maximum absolute atomic E-state index is 10.9. The van der Waals surface area contributed by atoms with Gasteiger partial charge in [-0.05, 0) is 123 Å². The van der Waals surface area contributed by atoms with E-state index >= 15 is 0 Å². The van der Waals surface area contributed by atoms with Gasteiger partial charge in [0.1, 0.15) is 17.8 Å². The zero-order valence-corrected chi connectivity index (χ0v) is 35.7. The minimum absolute atomic E-state index is 0. The van der Waals surface area contributed by atoms with Crippen molar-refractivity contribution >= 4 is 88.8 Å². The molecule has 0 aromatic heterocycles. The van der Waals surface area contributed by atoms with Crippen LogP contribution >= 0.6 is 82.5 Å². The van der Waals surface area contributed by atoms with Crippen LogP contribution in [-0.2, 0) is 9.72 Å². The molecule has 4 rings (SSSR count). The monoisotopic (exact) mass is 1080 g/mol. The van der Waals surface area contributed by atoms with Crippen molar-refractivity contribution in [1.82, 2.24) is 0 Å². The van der Waals surface area contributed by atoms with Crippen LogP contribution in [0.4, 0.5) is 0 Å². The van der Waals surface area contributed by atoms with Gasteiger partial charge in [0.15, 0.2) is 0 Å². The molecule has 2 saturated carbocycles. The molecule has 2 aliphatic carbocycles. The molecule has 1 N–H and O–H groups in total. The van der Waals surface area contributed by atoms with Crippen molar-refractivity contribution in [2.75, 3.05) is 11.5 Å². The summed E-state index contributed by atoms with van der Waals surface area (Å²) in [7, 11) is 0. The van der Waals surface area contributed by atoms with Crippen LogP contribution in [0.15, 0.2) is 48.5 Å². The molecule has 9 heteroatoms. The molecule has 0 saturated heterocycles. The number of aryl methyl sites for hydroxylation is 2. The van der Waals surface area contributed by atoms with E-state index in [1.54, 1.807) is 0 Å². The van der Waals surface area contributed by atoms with Crippen LogP contribution in [0.2, 0.25) is 0 Å². The Kier molecular flexibility index (Phi) is 26.9. The fraction of sp³-hybridized carbons (Fsp3) is 0.618. The van der Waals surface area contributed by atoms with Crippen LogP contribution in [0, 0.1) is 37.5 Å². The zero-order chi connectivity index (χ0) is 31.5. The summed E-state index contributed by atoms with van der Waals surface area (Å²) in [6.45, 7) is 8.61. The normalized spacial score (nSPS) is 22.4. The summed E-state index contributed by atoms with van der Waals surface area (Å²) >= 11 is 9.54. The van der Waals surface area contributed by atoms with E-state index in [1.807, 2.05) is 36.1 Å². The molecule has 0 bridgehead atoms. The summed E-state index contributed by atoms with van der Waals surface area (Å²) in [4.78, 5) is 12.6. The Labute approximate surface area is 314 Å². The molecular formula is C34H53I4O4V. The van der Waals surface area contributed by atoms with Crippen molar-refractivity contribution in [3.63, 3.8) is 0 Å². The minimum atomic E-state index is -0.278. The third-order valence-corrected chi connectivity index (χ3v) is 7.97. The molecular weight excluding hydrogens is 1030 g/mol. The van der Waals surface area contributed by atoms with Crippen LogP contribution in [0.3, 0.4) is 0 Å². The van der Waals surface area contributed by atoms with Gasteiger partial charge in [0.05, 0.1) is 12.2 Å². The molecule has 0 spiro atoms.